The van der Waals surface area contributed by atoms with Gasteiger partial charge < -0.3 is 4.90 Å². The van der Waals surface area contributed by atoms with E-state index >= 15 is 0 Å². The molecule has 2 atom stereocenters. The Morgan fingerprint density at radius 3 is 2.33 bits per heavy atom. The van der Waals surface area contributed by atoms with Crippen LogP contribution in [-0.4, -0.2) is 54.6 Å². The summed E-state index contributed by atoms with van der Waals surface area (Å²) in [5, 5.41) is 11.1. The zero-order valence-corrected chi connectivity index (χ0v) is 14.1. The summed E-state index contributed by atoms with van der Waals surface area (Å²) in [5.74, 6) is 0.569. The van der Waals surface area contributed by atoms with Crippen LogP contribution in [0.4, 0.5) is 5.69 Å². The molecule has 0 unspecified atom stereocenters. The van der Waals surface area contributed by atoms with Crippen LogP contribution in [0.5, 0.6) is 0 Å². The van der Waals surface area contributed by atoms with Crippen LogP contribution in [0.1, 0.15) is 13.3 Å². The second-order valence-corrected chi connectivity index (χ2v) is 8.18. The molecule has 9 heteroatoms. The lowest BCUT2D eigenvalue weighted by molar-refractivity contribution is -0.387. The highest BCUT2D eigenvalue weighted by atomic mass is 32.2. The molecule has 1 amide bonds. The molecule has 1 aliphatic heterocycles. The van der Waals surface area contributed by atoms with Gasteiger partial charge in [0.1, 0.15) is 0 Å². The number of hydrogen-bond donors (Lipinski definition) is 0. The predicted molar refractivity (Wildman–Crippen MR) is 85.7 cm³/mol. The smallest absolute Gasteiger partial charge is 0.289 e. The van der Waals surface area contributed by atoms with Gasteiger partial charge in [-0.1, -0.05) is 19.1 Å². The van der Waals surface area contributed by atoms with Crippen LogP contribution in [0.25, 0.3) is 0 Å². The van der Waals surface area contributed by atoms with E-state index in [0.717, 1.165) is 6.42 Å². The van der Waals surface area contributed by atoms with Gasteiger partial charge in [0, 0.05) is 38.2 Å². The first-order valence-electron chi connectivity index (χ1n) is 7.84. The number of carbonyl (C=O) groups excluding carboxylic acids is 1. The summed E-state index contributed by atoms with van der Waals surface area (Å²) < 4.78 is 26.6. The zero-order valence-electron chi connectivity index (χ0n) is 13.3. The lowest BCUT2D eigenvalue weighted by Gasteiger charge is -2.34. The summed E-state index contributed by atoms with van der Waals surface area (Å²) in [7, 11) is -3.95. The van der Waals surface area contributed by atoms with Gasteiger partial charge in [0.05, 0.1) is 4.92 Å². The van der Waals surface area contributed by atoms with E-state index in [4.69, 9.17) is 0 Å². The van der Waals surface area contributed by atoms with Gasteiger partial charge in [0.15, 0.2) is 4.90 Å². The maximum atomic E-state index is 12.7. The number of nitro benzene ring substituents is 1. The molecule has 1 saturated heterocycles. The molecule has 0 radical (unpaired) electrons. The molecule has 1 aromatic rings. The van der Waals surface area contributed by atoms with E-state index < -0.39 is 20.6 Å². The van der Waals surface area contributed by atoms with Gasteiger partial charge in [-0.25, -0.2) is 8.42 Å². The summed E-state index contributed by atoms with van der Waals surface area (Å²) in [6.45, 7) is 2.98. The fraction of sp³-hybridized carbons (Fsp3) is 0.533. The molecule has 2 aliphatic rings. The van der Waals surface area contributed by atoms with E-state index in [1.165, 1.54) is 28.6 Å². The molecule has 1 aliphatic carbocycles. The van der Waals surface area contributed by atoms with E-state index in [-0.39, 0.29) is 29.8 Å². The number of nitro groups is 1. The molecule has 3 rings (SSSR count). The van der Waals surface area contributed by atoms with Crippen molar-refractivity contribution in [3.8, 4) is 0 Å². The van der Waals surface area contributed by atoms with E-state index in [1.807, 2.05) is 6.92 Å². The zero-order chi connectivity index (χ0) is 17.5. The van der Waals surface area contributed by atoms with Gasteiger partial charge in [-0.05, 0) is 18.4 Å². The number of rotatable bonds is 4. The molecule has 1 saturated carbocycles. The molecule has 130 valence electrons. The predicted octanol–water partition coefficient (Wildman–Crippen LogP) is 1.08. The summed E-state index contributed by atoms with van der Waals surface area (Å²) >= 11 is 0. The van der Waals surface area contributed by atoms with Crippen molar-refractivity contribution in [2.75, 3.05) is 26.2 Å². The fourth-order valence-electron chi connectivity index (χ4n) is 3.01. The standard InChI is InChI=1S/C15H19N3O5S/c1-11-10-12(11)15(19)16-6-8-17(9-7-16)24(22,23)14-5-3-2-4-13(14)18(20)21/h2-5,11-12H,6-10H2,1H3/t11-,12-/m1/s1. The Labute approximate surface area is 140 Å². The third-order valence-corrected chi connectivity index (χ3v) is 6.60. The first-order chi connectivity index (χ1) is 11.3. The number of benzene rings is 1. The van der Waals surface area contributed by atoms with Gasteiger partial charge in [-0.2, -0.15) is 4.31 Å². The minimum atomic E-state index is -3.95. The van der Waals surface area contributed by atoms with Crippen molar-refractivity contribution in [3.63, 3.8) is 0 Å². The van der Waals surface area contributed by atoms with Crippen molar-refractivity contribution < 1.29 is 18.1 Å². The molecule has 0 aromatic heterocycles. The van der Waals surface area contributed by atoms with E-state index in [1.54, 1.807) is 4.90 Å². The number of nitrogens with zero attached hydrogens (tertiary/aromatic N) is 3. The van der Waals surface area contributed by atoms with Crippen LogP contribution < -0.4 is 0 Å². The number of piperazine rings is 1. The molecule has 1 aromatic carbocycles. The maximum absolute atomic E-state index is 12.7. The Kier molecular flexibility index (Phi) is 4.31. The van der Waals surface area contributed by atoms with Crippen molar-refractivity contribution in [2.45, 2.75) is 18.2 Å². The van der Waals surface area contributed by atoms with E-state index in [9.17, 15) is 23.3 Å². The molecule has 0 spiro atoms. The van der Waals surface area contributed by atoms with Crippen LogP contribution in [0.2, 0.25) is 0 Å². The van der Waals surface area contributed by atoms with Crippen LogP contribution >= 0.6 is 0 Å². The van der Waals surface area contributed by atoms with Gasteiger partial charge in [-0.3, -0.25) is 14.9 Å². The maximum Gasteiger partial charge on any atom is 0.289 e. The van der Waals surface area contributed by atoms with Crippen LogP contribution in [0.15, 0.2) is 29.2 Å². The number of carbonyl (C=O) groups is 1. The van der Waals surface area contributed by atoms with E-state index in [2.05, 4.69) is 0 Å². The van der Waals surface area contributed by atoms with Crippen LogP contribution in [0, 0.1) is 22.0 Å². The topological polar surface area (TPSA) is 101 Å². The Morgan fingerprint density at radius 1 is 1.21 bits per heavy atom. The quantitative estimate of drug-likeness (QED) is 0.595. The molecular weight excluding hydrogens is 334 g/mol. The molecule has 0 bridgehead atoms. The highest BCUT2D eigenvalue weighted by Crippen LogP contribution is 2.39. The monoisotopic (exact) mass is 353 g/mol. The first-order valence-corrected chi connectivity index (χ1v) is 9.28. The normalized spacial score (nSPS) is 24.6. The molecule has 1 heterocycles. The summed E-state index contributed by atoms with van der Waals surface area (Å²) in [4.78, 5) is 24.0. The third kappa shape index (κ3) is 3.01. The number of para-hydroxylation sites is 1. The Hall–Kier alpha value is -2.00. The minimum absolute atomic E-state index is 0.0726. The lowest BCUT2D eigenvalue weighted by atomic mass is 10.2. The largest absolute Gasteiger partial charge is 0.340 e. The SMILES string of the molecule is C[C@@H]1C[C@H]1C(=O)N1CCN(S(=O)(=O)c2ccccc2[N+](=O)[O-])CC1. The van der Waals surface area contributed by atoms with Gasteiger partial charge >= 0.3 is 0 Å². The summed E-state index contributed by atoms with van der Waals surface area (Å²) in [6, 6.07) is 5.33. The van der Waals surface area contributed by atoms with Crippen molar-refractivity contribution in [2.24, 2.45) is 11.8 Å². The number of hydrogen-bond acceptors (Lipinski definition) is 5. The second-order valence-electron chi connectivity index (χ2n) is 6.27. The fourth-order valence-corrected chi connectivity index (χ4v) is 4.59. The summed E-state index contributed by atoms with van der Waals surface area (Å²) in [5.41, 5.74) is -0.428. The molecule has 0 N–H and O–H groups in total. The van der Waals surface area contributed by atoms with E-state index in [0.29, 0.717) is 19.0 Å². The average Bonchev–Trinajstić information content (AvgIpc) is 3.31. The van der Waals surface area contributed by atoms with Crippen LogP contribution in [0.3, 0.4) is 0 Å². The second kappa shape index (κ2) is 6.14. The van der Waals surface area contributed by atoms with Crippen molar-refractivity contribution in [1.82, 2.24) is 9.21 Å². The number of sulfonamides is 1. The van der Waals surface area contributed by atoms with Gasteiger partial charge in [-0.15, -0.1) is 0 Å². The van der Waals surface area contributed by atoms with Crippen LogP contribution in [-0.2, 0) is 14.8 Å². The molecule has 24 heavy (non-hydrogen) atoms. The molecule has 8 nitrogen and oxygen atoms in total. The Balaban J connectivity index is 1.74. The van der Waals surface area contributed by atoms with Gasteiger partial charge in [0.25, 0.3) is 5.69 Å². The molecular formula is C15H19N3O5S. The average molecular weight is 353 g/mol. The Bertz CT molecular complexity index is 771. The van der Waals surface area contributed by atoms with Crippen molar-refractivity contribution in [1.29, 1.82) is 0 Å². The lowest BCUT2D eigenvalue weighted by Crippen LogP contribution is -2.51. The van der Waals surface area contributed by atoms with Gasteiger partial charge in [0.2, 0.25) is 15.9 Å². The minimum Gasteiger partial charge on any atom is -0.340 e. The number of amides is 1. The molecule has 2 fully saturated rings. The van der Waals surface area contributed by atoms with Crippen molar-refractivity contribution >= 4 is 21.6 Å². The summed E-state index contributed by atoms with van der Waals surface area (Å²) in [6.07, 6.45) is 0.896. The first kappa shape index (κ1) is 16.8. The van der Waals surface area contributed by atoms with Crippen molar-refractivity contribution in [3.05, 3.63) is 34.4 Å². The Morgan fingerprint density at radius 2 is 1.79 bits per heavy atom. The third-order valence-electron chi connectivity index (χ3n) is 4.66. The highest BCUT2D eigenvalue weighted by molar-refractivity contribution is 7.89. The highest BCUT2D eigenvalue weighted by Gasteiger charge is 2.43.